The molecular weight excluding hydrogens is 104 g/mol. The SMILES string of the molecule is O[C@@H]1CC[C@@H]2O[C@@H]2C1. The Morgan fingerprint density at radius 2 is 2.12 bits per heavy atom. The van der Waals surface area contributed by atoms with E-state index in [4.69, 9.17) is 9.84 Å². The Balaban J connectivity index is 1.93. The van der Waals surface area contributed by atoms with Gasteiger partial charge in [0.2, 0.25) is 0 Å². The second-order valence-electron chi connectivity index (χ2n) is 2.68. The van der Waals surface area contributed by atoms with Crippen LogP contribution in [0.3, 0.4) is 0 Å². The fraction of sp³-hybridized carbons (Fsp3) is 1.00. The first-order valence-electron chi connectivity index (χ1n) is 3.20. The molecular formula is C6H10O2. The Kier molecular flexibility index (Phi) is 0.866. The molecule has 0 radical (unpaired) electrons. The molecule has 2 fully saturated rings. The average molecular weight is 114 g/mol. The van der Waals surface area contributed by atoms with Crippen molar-refractivity contribution in [3.05, 3.63) is 0 Å². The number of aliphatic hydroxyl groups is 1. The van der Waals surface area contributed by atoms with E-state index in [1.165, 1.54) is 0 Å². The molecule has 3 atom stereocenters. The molecule has 0 bridgehead atoms. The van der Waals surface area contributed by atoms with Gasteiger partial charge in [0.05, 0.1) is 18.3 Å². The minimum absolute atomic E-state index is 0.0706. The Morgan fingerprint density at radius 3 is 2.75 bits per heavy atom. The smallest absolute Gasteiger partial charge is 0.0866 e. The molecule has 1 heterocycles. The van der Waals surface area contributed by atoms with E-state index in [0.29, 0.717) is 12.2 Å². The number of aliphatic hydroxyl groups excluding tert-OH is 1. The maximum atomic E-state index is 9.03. The van der Waals surface area contributed by atoms with Crippen molar-refractivity contribution in [3.63, 3.8) is 0 Å². The highest BCUT2D eigenvalue weighted by Gasteiger charge is 2.43. The molecule has 8 heavy (non-hydrogen) atoms. The normalized spacial score (nSPS) is 52.9. The summed E-state index contributed by atoms with van der Waals surface area (Å²) in [5, 5.41) is 9.03. The van der Waals surface area contributed by atoms with E-state index >= 15 is 0 Å². The van der Waals surface area contributed by atoms with Crippen LogP contribution in [0, 0.1) is 0 Å². The van der Waals surface area contributed by atoms with Gasteiger partial charge in [0.25, 0.3) is 0 Å². The lowest BCUT2D eigenvalue weighted by Crippen LogP contribution is -2.17. The van der Waals surface area contributed by atoms with Gasteiger partial charge in [-0.15, -0.1) is 0 Å². The molecule has 2 rings (SSSR count). The monoisotopic (exact) mass is 114 g/mol. The Hall–Kier alpha value is -0.0800. The summed E-state index contributed by atoms with van der Waals surface area (Å²) in [6, 6.07) is 0. The second kappa shape index (κ2) is 1.45. The third-order valence-corrected chi connectivity index (χ3v) is 1.98. The van der Waals surface area contributed by atoms with Crippen LogP contribution in [0.1, 0.15) is 19.3 Å². The molecule has 1 saturated carbocycles. The summed E-state index contributed by atoms with van der Waals surface area (Å²) in [5.74, 6) is 0. The lowest BCUT2D eigenvalue weighted by atomic mass is 9.98. The predicted molar refractivity (Wildman–Crippen MR) is 28.5 cm³/mol. The van der Waals surface area contributed by atoms with E-state index in [-0.39, 0.29) is 6.10 Å². The standard InChI is InChI=1S/C6H10O2/c7-4-1-2-5-6(3-4)8-5/h4-7H,1-3H2/t4-,5+,6-/m1/s1. The molecule has 0 spiro atoms. The summed E-state index contributed by atoms with van der Waals surface area (Å²) in [4.78, 5) is 0. The number of rotatable bonds is 0. The van der Waals surface area contributed by atoms with Crippen LogP contribution in [0.4, 0.5) is 0 Å². The fourth-order valence-corrected chi connectivity index (χ4v) is 1.38. The quantitative estimate of drug-likeness (QED) is 0.459. The largest absolute Gasteiger partial charge is 0.393 e. The van der Waals surface area contributed by atoms with Crippen molar-refractivity contribution in [3.8, 4) is 0 Å². The van der Waals surface area contributed by atoms with Gasteiger partial charge in [0.15, 0.2) is 0 Å². The summed E-state index contributed by atoms with van der Waals surface area (Å²) >= 11 is 0. The van der Waals surface area contributed by atoms with Crippen molar-refractivity contribution < 1.29 is 9.84 Å². The lowest BCUT2D eigenvalue weighted by molar-refractivity contribution is 0.139. The van der Waals surface area contributed by atoms with Gasteiger partial charge in [0.1, 0.15) is 0 Å². The summed E-state index contributed by atoms with van der Waals surface area (Å²) in [6.45, 7) is 0. The molecule has 0 aromatic carbocycles. The number of hydrogen-bond donors (Lipinski definition) is 1. The van der Waals surface area contributed by atoms with Gasteiger partial charge in [-0.1, -0.05) is 0 Å². The van der Waals surface area contributed by atoms with Crippen LogP contribution in [0.25, 0.3) is 0 Å². The Bertz CT molecular complexity index is 103. The highest BCUT2D eigenvalue weighted by Crippen LogP contribution is 2.36. The topological polar surface area (TPSA) is 32.8 Å². The molecule has 1 aliphatic carbocycles. The summed E-state index contributed by atoms with van der Waals surface area (Å²) in [6.07, 6.45) is 3.79. The van der Waals surface area contributed by atoms with Gasteiger partial charge in [-0.25, -0.2) is 0 Å². The van der Waals surface area contributed by atoms with Crippen molar-refractivity contribution in [1.29, 1.82) is 0 Å². The second-order valence-corrected chi connectivity index (χ2v) is 2.68. The van der Waals surface area contributed by atoms with Crippen molar-refractivity contribution in [2.45, 2.75) is 37.6 Å². The number of ether oxygens (including phenoxy) is 1. The van der Waals surface area contributed by atoms with Crippen LogP contribution in [-0.4, -0.2) is 23.4 Å². The summed E-state index contributed by atoms with van der Waals surface area (Å²) < 4.78 is 5.19. The van der Waals surface area contributed by atoms with E-state index in [0.717, 1.165) is 19.3 Å². The molecule has 0 unspecified atom stereocenters. The van der Waals surface area contributed by atoms with E-state index in [1.807, 2.05) is 0 Å². The van der Waals surface area contributed by atoms with Crippen LogP contribution in [0.2, 0.25) is 0 Å². The first-order chi connectivity index (χ1) is 3.86. The van der Waals surface area contributed by atoms with Crippen molar-refractivity contribution in [2.24, 2.45) is 0 Å². The van der Waals surface area contributed by atoms with Crippen LogP contribution < -0.4 is 0 Å². The summed E-state index contributed by atoms with van der Waals surface area (Å²) in [7, 11) is 0. The zero-order valence-corrected chi connectivity index (χ0v) is 4.71. The Morgan fingerprint density at radius 1 is 1.25 bits per heavy atom. The molecule has 2 heteroatoms. The fourth-order valence-electron chi connectivity index (χ4n) is 1.38. The van der Waals surface area contributed by atoms with E-state index in [2.05, 4.69) is 0 Å². The van der Waals surface area contributed by atoms with E-state index in [1.54, 1.807) is 0 Å². The minimum Gasteiger partial charge on any atom is -0.393 e. The molecule has 46 valence electrons. The zero-order valence-electron chi connectivity index (χ0n) is 4.71. The minimum atomic E-state index is -0.0706. The molecule has 0 aromatic rings. The highest BCUT2D eigenvalue weighted by atomic mass is 16.6. The van der Waals surface area contributed by atoms with Crippen molar-refractivity contribution in [1.82, 2.24) is 0 Å². The first-order valence-corrected chi connectivity index (χ1v) is 3.20. The van der Waals surface area contributed by atoms with Crippen molar-refractivity contribution in [2.75, 3.05) is 0 Å². The van der Waals surface area contributed by atoms with Gasteiger partial charge in [-0.3, -0.25) is 0 Å². The van der Waals surface area contributed by atoms with Gasteiger partial charge < -0.3 is 9.84 Å². The predicted octanol–water partition coefficient (Wildman–Crippen LogP) is 0.299. The third-order valence-electron chi connectivity index (χ3n) is 1.98. The molecule has 2 aliphatic rings. The van der Waals surface area contributed by atoms with Crippen LogP contribution in [-0.2, 0) is 4.74 Å². The average Bonchev–Trinajstić information content (AvgIpc) is 2.43. The summed E-state index contributed by atoms with van der Waals surface area (Å²) in [5.41, 5.74) is 0. The molecule has 0 amide bonds. The molecule has 1 aliphatic heterocycles. The van der Waals surface area contributed by atoms with Gasteiger partial charge in [-0.05, 0) is 12.8 Å². The van der Waals surface area contributed by atoms with E-state index in [9.17, 15) is 0 Å². The maximum absolute atomic E-state index is 9.03. The van der Waals surface area contributed by atoms with Crippen LogP contribution in [0.15, 0.2) is 0 Å². The maximum Gasteiger partial charge on any atom is 0.0866 e. The van der Waals surface area contributed by atoms with Gasteiger partial charge in [0, 0.05) is 6.42 Å². The number of epoxide rings is 1. The number of fused-ring (bicyclic) bond motifs is 1. The Labute approximate surface area is 48.5 Å². The highest BCUT2D eigenvalue weighted by molar-refractivity contribution is 4.91. The van der Waals surface area contributed by atoms with E-state index < -0.39 is 0 Å². The molecule has 1 N–H and O–H groups in total. The molecule has 0 aromatic heterocycles. The number of hydrogen-bond acceptors (Lipinski definition) is 2. The lowest BCUT2D eigenvalue weighted by Gasteiger charge is -2.10. The van der Waals surface area contributed by atoms with Gasteiger partial charge in [-0.2, -0.15) is 0 Å². The first kappa shape index (κ1) is 4.77. The van der Waals surface area contributed by atoms with Crippen LogP contribution >= 0.6 is 0 Å². The van der Waals surface area contributed by atoms with Gasteiger partial charge >= 0.3 is 0 Å². The third kappa shape index (κ3) is 0.644. The molecule has 1 saturated heterocycles. The zero-order chi connectivity index (χ0) is 5.56. The molecule has 2 nitrogen and oxygen atoms in total. The van der Waals surface area contributed by atoms with Crippen LogP contribution in [0.5, 0.6) is 0 Å². The van der Waals surface area contributed by atoms with Crippen molar-refractivity contribution >= 4 is 0 Å².